The molecule has 0 radical (unpaired) electrons. The summed E-state index contributed by atoms with van der Waals surface area (Å²) in [6.45, 7) is 4.28. The van der Waals surface area contributed by atoms with Gasteiger partial charge in [-0.15, -0.1) is 0 Å². The highest BCUT2D eigenvalue weighted by Gasteiger charge is 2.10. The molecular weight excluding hydrogens is 253 g/mol. The van der Waals surface area contributed by atoms with Gasteiger partial charge in [0.15, 0.2) is 0 Å². The summed E-state index contributed by atoms with van der Waals surface area (Å²) in [5.74, 6) is 1.46. The number of nitrogens with one attached hydrogen (secondary N) is 1. The van der Waals surface area contributed by atoms with E-state index in [2.05, 4.69) is 5.32 Å². The topological polar surface area (TPSA) is 25.2 Å². The molecule has 0 amide bonds. The molecule has 2 aromatic rings. The fourth-order valence-corrected chi connectivity index (χ4v) is 1.92. The maximum absolute atomic E-state index is 13.5. The van der Waals surface area contributed by atoms with Gasteiger partial charge in [0.2, 0.25) is 0 Å². The van der Waals surface area contributed by atoms with E-state index in [0.717, 1.165) is 11.5 Å². The van der Waals surface area contributed by atoms with Crippen LogP contribution in [0.15, 0.2) is 34.7 Å². The molecule has 2 rings (SSSR count). The summed E-state index contributed by atoms with van der Waals surface area (Å²) in [5, 5.41) is 3.74. The van der Waals surface area contributed by atoms with E-state index in [4.69, 9.17) is 16.0 Å². The van der Waals surface area contributed by atoms with Gasteiger partial charge in [0.1, 0.15) is 17.3 Å². The van der Waals surface area contributed by atoms with Gasteiger partial charge in [-0.2, -0.15) is 0 Å². The minimum absolute atomic E-state index is 0.0251. The van der Waals surface area contributed by atoms with Crippen molar-refractivity contribution in [2.24, 2.45) is 0 Å². The molecule has 0 aliphatic rings. The van der Waals surface area contributed by atoms with Gasteiger partial charge in [-0.25, -0.2) is 4.39 Å². The van der Waals surface area contributed by atoms with Crippen LogP contribution in [0, 0.1) is 12.7 Å². The first-order valence-electron chi connectivity index (χ1n) is 5.80. The van der Waals surface area contributed by atoms with Gasteiger partial charge in [0, 0.05) is 17.1 Å². The molecule has 0 fully saturated rings. The Labute approximate surface area is 111 Å². The molecule has 1 N–H and O–H groups in total. The standard InChI is InChI=1S/C14H15ClFNO/c1-9-3-6-14(18-9)10(2)17-8-11-7-12(15)4-5-13(11)16/h3-7,10,17H,8H2,1-2H3. The third-order valence-electron chi connectivity index (χ3n) is 2.79. The molecule has 1 unspecified atom stereocenters. The quantitative estimate of drug-likeness (QED) is 0.897. The summed E-state index contributed by atoms with van der Waals surface area (Å²) >= 11 is 5.84. The van der Waals surface area contributed by atoms with E-state index in [1.54, 1.807) is 12.1 Å². The third kappa shape index (κ3) is 3.12. The highest BCUT2D eigenvalue weighted by Crippen LogP contribution is 2.18. The van der Waals surface area contributed by atoms with Crippen molar-refractivity contribution in [3.8, 4) is 0 Å². The zero-order valence-electron chi connectivity index (χ0n) is 10.3. The predicted molar refractivity (Wildman–Crippen MR) is 70.1 cm³/mol. The molecule has 4 heteroatoms. The Balaban J connectivity index is 2.01. The number of rotatable bonds is 4. The Morgan fingerprint density at radius 1 is 1.33 bits per heavy atom. The lowest BCUT2D eigenvalue weighted by molar-refractivity contribution is 0.413. The Kier molecular flexibility index (Phi) is 4.04. The highest BCUT2D eigenvalue weighted by atomic mass is 35.5. The van der Waals surface area contributed by atoms with Crippen molar-refractivity contribution < 1.29 is 8.81 Å². The molecule has 1 aromatic heterocycles. The van der Waals surface area contributed by atoms with Crippen LogP contribution in [0.1, 0.15) is 30.0 Å². The number of halogens is 2. The average Bonchev–Trinajstić information content (AvgIpc) is 2.77. The van der Waals surface area contributed by atoms with E-state index in [1.165, 1.54) is 6.07 Å². The van der Waals surface area contributed by atoms with Gasteiger partial charge in [0.05, 0.1) is 6.04 Å². The van der Waals surface area contributed by atoms with Crippen LogP contribution in [0.4, 0.5) is 4.39 Å². The molecular formula is C14H15ClFNO. The van der Waals surface area contributed by atoms with Crippen LogP contribution in [0.5, 0.6) is 0 Å². The molecule has 0 saturated carbocycles. The van der Waals surface area contributed by atoms with Crippen molar-refractivity contribution in [1.29, 1.82) is 0 Å². The largest absolute Gasteiger partial charge is 0.465 e. The molecule has 18 heavy (non-hydrogen) atoms. The third-order valence-corrected chi connectivity index (χ3v) is 3.03. The minimum atomic E-state index is -0.255. The van der Waals surface area contributed by atoms with Crippen molar-refractivity contribution in [2.45, 2.75) is 26.4 Å². The average molecular weight is 268 g/mol. The normalized spacial score (nSPS) is 12.7. The van der Waals surface area contributed by atoms with Gasteiger partial charge in [0.25, 0.3) is 0 Å². The van der Waals surface area contributed by atoms with Gasteiger partial charge < -0.3 is 9.73 Å². The molecule has 0 bridgehead atoms. The maximum Gasteiger partial charge on any atom is 0.127 e. The zero-order valence-corrected chi connectivity index (χ0v) is 11.1. The van der Waals surface area contributed by atoms with Crippen molar-refractivity contribution in [2.75, 3.05) is 0 Å². The van der Waals surface area contributed by atoms with E-state index in [9.17, 15) is 4.39 Å². The van der Waals surface area contributed by atoms with Crippen molar-refractivity contribution >= 4 is 11.6 Å². The van der Waals surface area contributed by atoms with E-state index in [0.29, 0.717) is 17.1 Å². The van der Waals surface area contributed by atoms with Crippen molar-refractivity contribution in [3.63, 3.8) is 0 Å². The van der Waals surface area contributed by atoms with Crippen LogP contribution in [0.25, 0.3) is 0 Å². The van der Waals surface area contributed by atoms with Crippen LogP contribution in [0.3, 0.4) is 0 Å². The van der Waals surface area contributed by atoms with Crippen LogP contribution in [-0.2, 0) is 6.54 Å². The fraction of sp³-hybridized carbons (Fsp3) is 0.286. The van der Waals surface area contributed by atoms with E-state index in [-0.39, 0.29) is 11.9 Å². The molecule has 2 nitrogen and oxygen atoms in total. The molecule has 0 aliphatic heterocycles. The molecule has 1 heterocycles. The second-order valence-corrected chi connectivity index (χ2v) is 4.72. The fourth-order valence-electron chi connectivity index (χ4n) is 1.73. The Bertz CT molecular complexity index is 538. The molecule has 0 aliphatic carbocycles. The number of hydrogen-bond acceptors (Lipinski definition) is 2. The SMILES string of the molecule is Cc1ccc(C(C)NCc2cc(Cl)ccc2F)o1. The summed E-state index contributed by atoms with van der Waals surface area (Å²) in [7, 11) is 0. The van der Waals surface area contributed by atoms with E-state index < -0.39 is 0 Å². The molecule has 96 valence electrons. The van der Waals surface area contributed by atoms with Gasteiger partial charge >= 0.3 is 0 Å². The number of hydrogen-bond donors (Lipinski definition) is 1. The van der Waals surface area contributed by atoms with Gasteiger partial charge in [-0.05, 0) is 44.2 Å². The van der Waals surface area contributed by atoms with Crippen LogP contribution in [-0.4, -0.2) is 0 Å². The van der Waals surface area contributed by atoms with Crippen molar-refractivity contribution in [1.82, 2.24) is 5.32 Å². The van der Waals surface area contributed by atoms with E-state index >= 15 is 0 Å². The number of furan rings is 1. The van der Waals surface area contributed by atoms with Crippen LogP contribution < -0.4 is 5.32 Å². The molecule has 1 aromatic carbocycles. The van der Waals surface area contributed by atoms with E-state index in [1.807, 2.05) is 26.0 Å². The Morgan fingerprint density at radius 2 is 2.11 bits per heavy atom. The predicted octanol–water partition coefficient (Wildman–Crippen LogP) is 4.23. The minimum Gasteiger partial charge on any atom is -0.465 e. The summed E-state index contributed by atoms with van der Waals surface area (Å²) in [6, 6.07) is 8.40. The summed E-state index contributed by atoms with van der Waals surface area (Å²) in [6.07, 6.45) is 0. The highest BCUT2D eigenvalue weighted by molar-refractivity contribution is 6.30. The summed E-state index contributed by atoms with van der Waals surface area (Å²) in [5.41, 5.74) is 0.553. The lowest BCUT2D eigenvalue weighted by Gasteiger charge is -2.12. The first-order chi connectivity index (χ1) is 8.56. The van der Waals surface area contributed by atoms with Crippen molar-refractivity contribution in [3.05, 3.63) is 58.3 Å². The smallest absolute Gasteiger partial charge is 0.127 e. The first kappa shape index (κ1) is 13.1. The lowest BCUT2D eigenvalue weighted by atomic mass is 10.2. The summed E-state index contributed by atoms with van der Waals surface area (Å²) in [4.78, 5) is 0. The molecule has 1 atom stereocenters. The molecule has 0 saturated heterocycles. The maximum atomic E-state index is 13.5. The van der Waals surface area contributed by atoms with Crippen LogP contribution in [0.2, 0.25) is 5.02 Å². The number of aryl methyl sites for hydroxylation is 1. The monoisotopic (exact) mass is 267 g/mol. The Hall–Kier alpha value is -1.32. The number of benzene rings is 1. The van der Waals surface area contributed by atoms with Crippen LogP contribution >= 0.6 is 11.6 Å². The summed E-state index contributed by atoms with van der Waals surface area (Å²) < 4.78 is 19.0. The Morgan fingerprint density at radius 3 is 2.78 bits per heavy atom. The second-order valence-electron chi connectivity index (χ2n) is 4.29. The molecule has 0 spiro atoms. The first-order valence-corrected chi connectivity index (χ1v) is 6.17. The zero-order chi connectivity index (χ0) is 13.1. The second kappa shape index (κ2) is 5.55. The lowest BCUT2D eigenvalue weighted by Crippen LogP contribution is -2.18. The van der Waals surface area contributed by atoms with Gasteiger partial charge in [-0.3, -0.25) is 0 Å². The van der Waals surface area contributed by atoms with Gasteiger partial charge in [-0.1, -0.05) is 11.6 Å².